The van der Waals surface area contributed by atoms with Crippen LogP contribution in [-0.4, -0.2) is 30.9 Å². The minimum absolute atomic E-state index is 0.203. The molecular formula is C18H19BrO5. The SMILES string of the molecule is CCOC(=O)[C@@H]1C2CC[C@@H]2[C@H]1C(=O)OCC(=O)c1ccc(Br)cc1. The Labute approximate surface area is 148 Å². The van der Waals surface area contributed by atoms with Gasteiger partial charge in [-0.25, -0.2) is 0 Å². The van der Waals surface area contributed by atoms with E-state index >= 15 is 0 Å². The van der Waals surface area contributed by atoms with Gasteiger partial charge in [0.1, 0.15) is 0 Å². The fraction of sp³-hybridized carbons (Fsp3) is 0.500. The molecule has 4 atom stereocenters. The lowest BCUT2D eigenvalue weighted by Gasteiger charge is -2.56. The number of ether oxygens (including phenoxy) is 2. The van der Waals surface area contributed by atoms with Gasteiger partial charge in [-0.3, -0.25) is 14.4 Å². The van der Waals surface area contributed by atoms with Crippen molar-refractivity contribution in [3.63, 3.8) is 0 Å². The Hall–Kier alpha value is -1.69. The summed E-state index contributed by atoms with van der Waals surface area (Å²) in [5.74, 6) is -1.45. The van der Waals surface area contributed by atoms with E-state index < -0.39 is 17.8 Å². The van der Waals surface area contributed by atoms with Crippen LogP contribution in [0.5, 0.6) is 0 Å². The molecule has 0 radical (unpaired) electrons. The van der Waals surface area contributed by atoms with Gasteiger partial charge in [0.2, 0.25) is 0 Å². The first-order valence-electron chi connectivity index (χ1n) is 8.15. The molecule has 1 aromatic carbocycles. The molecule has 1 aromatic rings. The summed E-state index contributed by atoms with van der Waals surface area (Å²) < 4.78 is 11.1. The number of rotatable bonds is 6. The smallest absolute Gasteiger partial charge is 0.310 e. The normalized spacial score (nSPS) is 27.2. The highest BCUT2D eigenvalue weighted by Crippen LogP contribution is 2.59. The van der Waals surface area contributed by atoms with Crippen LogP contribution in [0.15, 0.2) is 28.7 Å². The molecular weight excluding hydrogens is 376 g/mol. The van der Waals surface area contributed by atoms with Crippen LogP contribution >= 0.6 is 15.9 Å². The van der Waals surface area contributed by atoms with Gasteiger partial charge in [-0.2, -0.15) is 0 Å². The fourth-order valence-corrected chi connectivity index (χ4v) is 3.93. The lowest BCUT2D eigenvalue weighted by molar-refractivity contribution is -0.194. The maximum atomic E-state index is 12.3. The second kappa shape index (κ2) is 7.05. The molecule has 2 aliphatic carbocycles. The third-order valence-corrected chi connectivity index (χ3v) is 5.56. The molecule has 0 saturated heterocycles. The van der Waals surface area contributed by atoms with Crippen molar-refractivity contribution < 1.29 is 23.9 Å². The van der Waals surface area contributed by atoms with Gasteiger partial charge in [0.25, 0.3) is 0 Å². The van der Waals surface area contributed by atoms with Crippen LogP contribution in [-0.2, 0) is 19.1 Å². The molecule has 0 amide bonds. The fourth-order valence-electron chi connectivity index (χ4n) is 3.66. The van der Waals surface area contributed by atoms with Gasteiger partial charge in [0, 0.05) is 10.0 Å². The maximum absolute atomic E-state index is 12.3. The number of esters is 2. The average molecular weight is 395 g/mol. The third kappa shape index (κ3) is 3.11. The molecule has 0 heterocycles. The zero-order valence-electron chi connectivity index (χ0n) is 13.4. The van der Waals surface area contributed by atoms with Gasteiger partial charge in [0.05, 0.1) is 18.4 Å². The number of hydrogen-bond acceptors (Lipinski definition) is 5. The van der Waals surface area contributed by atoms with E-state index in [0.717, 1.165) is 17.3 Å². The summed E-state index contributed by atoms with van der Waals surface area (Å²) in [4.78, 5) is 36.4. The zero-order valence-corrected chi connectivity index (χ0v) is 15.0. The Morgan fingerprint density at radius 1 is 1.00 bits per heavy atom. The van der Waals surface area contributed by atoms with E-state index in [9.17, 15) is 14.4 Å². The number of halogens is 1. The molecule has 0 aromatic heterocycles. The minimum Gasteiger partial charge on any atom is -0.466 e. The van der Waals surface area contributed by atoms with Crippen LogP contribution in [0.4, 0.5) is 0 Å². The quantitative estimate of drug-likeness (QED) is 0.547. The van der Waals surface area contributed by atoms with Gasteiger partial charge in [-0.15, -0.1) is 0 Å². The molecule has 6 heteroatoms. The van der Waals surface area contributed by atoms with Crippen molar-refractivity contribution in [3.05, 3.63) is 34.3 Å². The van der Waals surface area contributed by atoms with Crippen LogP contribution in [0, 0.1) is 23.7 Å². The van der Waals surface area contributed by atoms with Gasteiger partial charge in [-0.1, -0.05) is 28.1 Å². The molecule has 128 valence electrons. The lowest BCUT2D eigenvalue weighted by atomic mass is 9.47. The Balaban J connectivity index is 1.57. The summed E-state index contributed by atoms with van der Waals surface area (Å²) in [6, 6.07) is 6.87. The zero-order chi connectivity index (χ0) is 17.3. The predicted molar refractivity (Wildman–Crippen MR) is 89.3 cm³/mol. The second-order valence-corrected chi connectivity index (χ2v) is 7.16. The van der Waals surface area contributed by atoms with Crippen LogP contribution in [0.1, 0.15) is 30.1 Å². The highest BCUT2D eigenvalue weighted by molar-refractivity contribution is 9.10. The van der Waals surface area contributed by atoms with E-state index in [1.54, 1.807) is 31.2 Å². The van der Waals surface area contributed by atoms with Crippen molar-refractivity contribution in [2.24, 2.45) is 23.7 Å². The van der Waals surface area contributed by atoms with E-state index in [1.807, 2.05) is 0 Å². The average Bonchev–Trinajstić information content (AvgIpc) is 2.54. The summed E-state index contributed by atoms with van der Waals surface area (Å²) in [6.07, 6.45) is 1.89. The number of carbonyl (C=O) groups excluding carboxylic acids is 3. The third-order valence-electron chi connectivity index (χ3n) is 5.04. The van der Waals surface area contributed by atoms with Gasteiger partial charge in [-0.05, 0) is 43.7 Å². The topological polar surface area (TPSA) is 69.7 Å². The van der Waals surface area contributed by atoms with Crippen molar-refractivity contribution in [3.8, 4) is 0 Å². The van der Waals surface area contributed by atoms with Gasteiger partial charge in [0.15, 0.2) is 12.4 Å². The Morgan fingerprint density at radius 3 is 2.04 bits per heavy atom. The Bertz CT molecular complexity index is 654. The maximum Gasteiger partial charge on any atom is 0.310 e. The van der Waals surface area contributed by atoms with Crippen LogP contribution in [0.25, 0.3) is 0 Å². The summed E-state index contributed by atoms with van der Waals surface area (Å²) in [5, 5.41) is 0. The van der Waals surface area contributed by atoms with Crippen molar-refractivity contribution in [1.29, 1.82) is 0 Å². The minimum atomic E-state index is -0.459. The van der Waals surface area contributed by atoms with Crippen molar-refractivity contribution in [2.75, 3.05) is 13.2 Å². The number of benzene rings is 1. The monoisotopic (exact) mass is 394 g/mol. The van der Waals surface area contributed by atoms with Crippen LogP contribution in [0.2, 0.25) is 0 Å². The predicted octanol–water partition coefficient (Wildman–Crippen LogP) is 3.01. The Morgan fingerprint density at radius 2 is 1.54 bits per heavy atom. The van der Waals surface area contributed by atoms with E-state index in [0.29, 0.717) is 12.2 Å². The molecule has 0 spiro atoms. The van der Waals surface area contributed by atoms with E-state index in [4.69, 9.17) is 9.47 Å². The molecule has 24 heavy (non-hydrogen) atoms. The van der Waals surface area contributed by atoms with Crippen molar-refractivity contribution in [1.82, 2.24) is 0 Å². The van der Waals surface area contributed by atoms with Crippen molar-refractivity contribution >= 4 is 33.7 Å². The molecule has 1 unspecified atom stereocenters. The first-order chi connectivity index (χ1) is 11.5. The molecule has 2 fully saturated rings. The number of hydrogen-bond donors (Lipinski definition) is 0. The molecule has 5 nitrogen and oxygen atoms in total. The molecule has 0 N–H and O–H groups in total. The molecule has 2 aliphatic rings. The number of carbonyl (C=O) groups is 3. The number of fused-ring (bicyclic) bond motifs is 1. The molecule has 3 rings (SSSR count). The highest BCUT2D eigenvalue weighted by Gasteiger charge is 2.62. The largest absolute Gasteiger partial charge is 0.466 e. The lowest BCUT2D eigenvalue weighted by Crippen LogP contribution is -2.60. The molecule has 2 saturated carbocycles. The van der Waals surface area contributed by atoms with E-state index in [1.165, 1.54) is 0 Å². The van der Waals surface area contributed by atoms with Gasteiger partial charge >= 0.3 is 11.9 Å². The summed E-state index contributed by atoms with van der Waals surface area (Å²) in [6.45, 7) is 1.75. The second-order valence-electron chi connectivity index (χ2n) is 6.25. The molecule has 0 aliphatic heterocycles. The van der Waals surface area contributed by atoms with E-state index in [2.05, 4.69) is 15.9 Å². The summed E-state index contributed by atoms with van der Waals surface area (Å²) in [7, 11) is 0. The Kier molecular flexibility index (Phi) is 5.04. The van der Waals surface area contributed by atoms with E-state index in [-0.39, 0.29) is 30.2 Å². The highest BCUT2D eigenvalue weighted by atomic mass is 79.9. The van der Waals surface area contributed by atoms with Crippen LogP contribution < -0.4 is 0 Å². The number of Topliss-reactive ketones (excluding diaryl/α,β-unsaturated/α-hetero) is 1. The van der Waals surface area contributed by atoms with Crippen molar-refractivity contribution in [2.45, 2.75) is 19.8 Å². The first kappa shape index (κ1) is 17.1. The standard InChI is InChI=1S/C18H19BrO5/c1-2-23-17(21)15-12-7-8-13(12)16(15)18(22)24-9-14(20)10-3-5-11(19)6-4-10/h3-6,12-13,15-16H,2,7-9H2,1H3/t12?,13-,15+,16+/m0/s1. The summed E-state index contributed by atoms with van der Waals surface area (Å²) >= 11 is 3.30. The first-order valence-corrected chi connectivity index (χ1v) is 8.94. The summed E-state index contributed by atoms with van der Waals surface area (Å²) in [5.41, 5.74) is 0.489. The van der Waals surface area contributed by atoms with Gasteiger partial charge < -0.3 is 9.47 Å². The van der Waals surface area contributed by atoms with Crippen LogP contribution in [0.3, 0.4) is 0 Å². The molecule has 0 bridgehead atoms. The number of ketones is 1.